The fourth-order valence-corrected chi connectivity index (χ4v) is 1.94. The number of nitrogens with one attached hydrogen (secondary N) is 1. The predicted octanol–water partition coefficient (Wildman–Crippen LogP) is 2.84. The summed E-state index contributed by atoms with van der Waals surface area (Å²) in [4.78, 5) is 14.4. The number of fused-ring (bicyclic) bond motifs is 1. The highest BCUT2D eigenvalue weighted by molar-refractivity contribution is 5.92. The largest absolute Gasteiger partial charge is 0.481 e. The highest BCUT2D eigenvalue weighted by Gasteiger charge is 2.31. The molecule has 0 radical (unpaired) electrons. The number of hydrogen-bond donors (Lipinski definition) is 2. The van der Waals surface area contributed by atoms with Crippen LogP contribution in [0.3, 0.4) is 0 Å². The number of benzene rings is 1. The summed E-state index contributed by atoms with van der Waals surface area (Å²) >= 11 is 0. The van der Waals surface area contributed by atoms with Crippen molar-refractivity contribution in [1.82, 2.24) is 4.98 Å². The van der Waals surface area contributed by atoms with Gasteiger partial charge in [-0.05, 0) is 31.9 Å². The number of H-pyrrole nitrogens is 1. The lowest BCUT2D eigenvalue weighted by atomic mass is 9.84. The minimum absolute atomic E-state index is 0.810. The third-order valence-electron chi connectivity index (χ3n) is 3.13. The summed E-state index contributed by atoms with van der Waals surface area (Å²) < 4.78 is 0. The highest BCUT2D eigenvalue weighted by atomic mass is 16.4. The minimum Gasteiger partial charge on any atom is -0.481 e. The Balaban J connectivity index is 2.72. The van der Waals surface area contributed by atoms with E-state index in [4.69, 9.17) is 0 Å². The Bertz CT molecular complexity index is 552. The summed E-state index contributed by atoms with van der Waals surface area (Å²) in [5.74, 6) is -0.810. The second-order valence-corrected chi connectivity index (χ2v) is 4.63. The van der Waals surface area contributed by atoms with Gasteiger partial charge in [0.25, 0.3) is 0 Å². The molecule has 3 nitrogen and oxygen atoms in total. The zero-order valence-electron chi connectivity index (χ0n) is 9.66. The van der Waals surface area contributed by atoms with E-state index in [-0.39, 0.29) is 0 Å². The van der Waals surface area contributed by atoms with Gasteiger partial charge in [-0.15, -0.1) is 0 Å². The van der Waals surface area contributed by atoms with Gasteiger partial charge in [0.1, 0.15) is 0 Å². The van der Waals surface area contributed by atoms with Crippen LogP contribution in [-0.2, 0) is 10.2 Å². The average molecular weight is 217 g/mol. The second-order valence-electron chi connectivity index (χ2n) is 4.63. The number of rotatable bonds is 2. The van der Waals surface area contributed by atoms with Crippen LogP contribution < -0.4 is 0 Å². The van der Waals surface area contributed by atoms with Gasteiger partial charge in [-0.2, -0.15) is 0 Å². The first-order chi connectivity index (χ1) is 7.44. The molecule has 0 fully saturated rings. The maximum atomic E-state index is 11.2. The molecule has 16 heavy (non-hydrogen) atoms. The Morgan fingerprint density at radius 2 is 2.06 bits per heavy atom. The first kappa shape index (κ1) is 10.7. The summed E-state index contributed by atoms with van der Waals surface area (Å²) in [5.41, 5.74) is 2.11. The summed E-state index contributed by atoms with van der Waals surface area (Å²) in [6.07, 6.45) is 1.80. The standard InChI is InChI=1S/C13H15NO2/c1-8-5-4-6-9-10(7-14-11(8)9)13(2,3)12(15)16/h4-7,14H,1-3H3,(H,15,16). The molecule has 1 heterocycles. The fraction of sp³-hybridized carbons (Fsp3) is 0.308. The van der Waals surface area contributed by atoms with Crippen LogP contribution in [-0.4, -0.2) is 16.1 Å². The maximum absolute atomic E-state index is 11.2. The summed E-state index contributed by atoms with van der Waals surface area (Å²) in [5, 5.41) is 10.2. The van der Waals surface area contributed by atoms with Gasteiger partial charge in [-0.3, -0.25) is 4.79 Å². The third kappa shape index (κ3) is 1.40. The molecule has 2 N–H and O–H groups in total. The number of carbonyl (C=O) groups is 1. The van der Waals surface area contributed by atoms with E-state index in [2.05, 4.69) is 4.98 Å². The fourth-order valence-electron chi connectivity index (χ4n) is 1.94. The Kier molecular flexibility index (Phi) is 2.26. The number of carboxylic acid groups (broad SMARTS) is 1. The summed E-state index contributed by atoms with van der Waals surface area (Å²) in [7, 11) is 0. The number of aromatic nitrogens is 1. The zero-order chi connectivity index (χ0) is 11.9. The molecular weight excluding hydrogens is 202 g/mol. The number of hydrogen-bond acceptors (Lipinski definition) is 1. The van der Waals surface area contributed by atoms with Gasteiger partial charge in [0, 0.05) is 17.1 Å². The Morgan fingerprint density at radius 1 is 1.38 bits per heavy atom. The summed E-state index contributed by atoms with van der Waals surface area (Å²) in [6.45, 7) is 5.46. The molecule has 0 saturated carbocycles. The zero-order valence-corrected chi connectivity index (χ0v) is 9.66. The first-order valence-electron chi connectivity index (χ1n) is 5.25. The lowest BCUT2D eigenvalue weighted by molar-refractivity contribution is -0.142. The third-order valence-corrected chi connectivity index (χ3v) is 3.13. The molecule has 3 heteroatoms. The number of carboxylic acids is 1. The molecule has 0 aliphatic heterocycles. The van der Waals surface area contributed by atoms with Crippen molar-refractivity contribution in [2.24, 2.45) is 0 Å². The van der Waals surface area contributed by atoms with E-state index in [9.17, 15) is 9.90 Å². The van der Waals surface area contributed by atoms with Gasteiger partial charge in [-0.25, -0.2) is 0 Å². The predicted molar refractivity (Wildman–Crippen MR) is 63.7 cm³/mol. The topological polar surface area (TPSA) is 53.1 Å². The van der Waals surface area contributed by atoms with Crippen molar-refractivity contribution in [1.29, 1.82) is 0 Å². The van der Waals surface area contributed by atoms with Gasteiger partial charge in [0.15, 0.2) is 0 Å². The Hall–Kier alpha value is -1.77. The van der Waals surface area contributed by atoms with E-state index in [0.29, 0.717) is 0 Å². The molecule has 1 aromatic carbocycles. The van der Waals surface area contributed by atoms with Crippen molar-refractivity contribution in [3.63, 3.8) is 0 Å². The minimum atomic E-state index is -0.869. The number of para-hydroxylation sites is 1. The molecule has 0 spiro atoms. The van der Waals surface area contributed by atoms with Crippen molar-refractivity contribution >= 4 is 16.9 Å². The molecule has 0 bridgehead atoms. The molecule has 1 aromatic heterocycles. The Labute approximate surface area is 94.1 Å². The van der Waals surface area contributed by atoms with Crippen LogP contribution in [0.4, 0.5) is 0 Å². The number of aliphatic carboxylic acids is 1. The number of aryl methyl sites for hydroxylation is 1. The first-order valence-corrected chi connectivity index (χ1v) is 5.25. The lowest BCUT2D eigenvalue weighted by Gasteiger charge is -2.18. The van der Waals surface area contributed by atoms with E-state index in [1.165, 1.54) is 0 Å². The highest BCUT2D eigenvalue weighted by Crippen LogP contribution is 2.31. The molecule has 0 atom stereocenters. The van der Waals surface area contributed by atoms with Gasteiger partial charge in [-0.1, -0.05) is 18.2 Å². The van der Waals surface area contributed by atoms with Gasteiger partial charge in [0.05, 0.1) is 5.41 Å². The lowest BCUT2D eigenvalue weighted by Crippen LogP contribution is -2.28. The van der Waals surface area contributed by atoms with Crippen molar-refractivity contribution in [3.05, 3.63) is 35.5 Å². The second kappa shape index (κ2) is 3.37. The molecule has 0 unspecified atom stereocenters. The van der Waals surface area contributed by atoms with E-state index >= 15 is 0 Å². The van der Waals surface area contributed by atoms with Crippen LogP contribution in [0.2, 0.25) is 0 Å². The van der Waals surface area contributed by atoms with E-state index in [0.717, 1.165) is 22.0 Å². The van der Waals surface area contributed by atoms with Crippen LogP contribution in [0.15, 0.2) is 24.4 Å². The number of aromatic amines is 1. The van der Waals surface area contributed by atoms with Gasteiger partial charge in [0.2, 0.25) is 0 Å². The smallest absolute Gasteiger partial charge is 0.313 e. The van der Waals surface area contributed by atoms with E-state index in [1.54, 1.807) is 20.0 Å². The van der Waals surface area contributed by atoms with E-state index < -0.39 is 11.4 Å². The molecule has 84 valence electrons. The molecule has 2 aromatic rings. The van der Waals surface area contributed by atoms with Crippen molar-refractivity contribution in [3.8, 4) is 0 Å². The van der Waals surface area contributed by atoms with Crippen LogP contribution in [0.5, 0.6) is 0 Å². The molecule has 0 aliphatic rings. The molecule has 0 saturated heterocycles. The van der Waals surface area contributed by atoms with Crippen molar-refractivity contribution in [2.75, 3.05) is 0 Å². The van der Waals surface area contributed by atoms with Crippen molar-refractivity contribution in [2.45, 2.75) is 26.2 Å². The normalized spacial score (nSPS) is 11.9. The van der Waals surface area contributed by atoms with E-state index in [1.807, 2.05) is 25.1 Å². The Morgan fingerprint density at radius 3 is 2.69 bits per heavy atom. The quantitative estimate of drug-likeness (QED) is 0.812. The van der Waals surface area contributed by atoms with Crippen LogP contribution >= 0.6 is 0 Å². The van der Waals surface area contributed by atoms with Crippen LogP contribution in [0.25, 0.3) is 10.9 Å². The van der Waals surface area contributed by atoms with Crippen molar-refractivity contribution < 1.29 is 9.90 Å². The maximum Gasteiger partial charge on any atom is 0.313 e. The van der Waals surface area contributed by atoms with Gasteiger partial charge < -0.3 is 10.1 Å². The average Bonchev–Trinajstić information content (AvgIpc) is 2.63. The molecule has 0 aliphatic carbocycles. The van der Waals surface area contributed by atoms with Gasteiger partial charge >= 0.3 is 5.97 Å². The summed E-state index contributed by atoms with van der Waals surface area (Å²) in [6, 6.07) is 5.92. The van der Waals surface area contributed by atoms with Crippen LogP contribution in [0, 0.1) is 6.92 Å². The van der Waals surface area contributed by atoms with Crippen LogP contribution in [0.1, 0.15) is 25.0 Å². The molecule has 2 rings (SSSR count). The molecule has 0 amide bonds. The molecular formula is C13H15NO2. The monoisotopic (exact) mass is 217 g/mol. The SMILES string of the molecule is Cc1cccc2c(C(C)(C)C(=O)O)c[nH]c12.